The van der Waals surface area contributed by atoms with E-state index in [-0.39, 0.29) is 5.69 Å². The van der Waals surface area contributed by atoms with Crippen molar-refractivity contribution >= 4 is 40.7 Å². The molecule has 8 heteroatoms. The number of hydrogen-bond donors (Lipinski definition) is 1. The predicted octanol–water partition coefficient (Wildman–Crippen LogP) is 3.07. The van der Waals surface area contributed by atoms with Crippen molar-refractivity contribution in [2.24, 2.45) is 5.10 Å². The summed E-state index contributed by atoms with van der Waals surface area (Å²) in [7, 11) is 0. The average molecular weight is 310 g/mol. The Kier molecular flexibility index (Phi) is 4.44. The van der Waals surface area contributed by atoms with Crippen LogP contribution in [0, 0.1) is 10.1 Å². The van der Waals surface area contributed by atoms with Gasteiger partial charge in [-0.25, -0.2) is 5.43 Å². The molecule has 0 atom stereocenters. The van der Waals surface area contributed by atoms with Gasteiger partial charge in [0.05, 0.1) is 11.1 Å². The molecule has 0 aliphatic rings. The van der Waals surface area contributed by atoms with Crippen LogP contribution in [0.15, 0.2) is 40.8 Å². The Morgan fingerprint density at radius 2 is 2.05 bits per heavy atom. The molecule has 2 aromatic rings. The van der Waals surface area contributed by atoms with E-state index in [1.54, 1.807) is 29.6 Å². The Hall–Kier alpha value is -2.25. The molecule has 0 fully saturated rings. The van der Waals surface area contributed by atoms with Crippen LogP contribution in [0.3, 0.4) is 0 Å². The number of hydrazone groups is 1. The number of hydrogen-bond acceptors (Lipinski definition) is 5. The summed E-state index contributed by atoms with van der Waals surface area (Å²) in [5, 5.41) is 16.5. The van der Waals surface area contributed by atoms with Crippen LogP contribution in [0.1, 0.15) is 15.2 Å². The highest BCUT2D eigenvalue weighted by atomic mass is 35.5. The minimum Gasteiger partial charge on any atom is -0.267 e. The maximum atomic E-state index is 11.7. The number of rotatable bonds is 4. The fourth-order valence-corrected chi connectivity index (χ4v) is 2.22. The minimum absolute atomic E-state index is 0.0421. The van der Waals surface area contributed by atoms with E-state index in [9.17, 15) is 14.9 Å². The Balaban J connectivity index is 2.03. The quantitative estimate of drug-likeness (QED) is 0.535. The second-order valence-corrected chi connectivity index (χ2v) is 5.02. The number of nitrogens with zero attached hydrogens (tertiary/aromatic N) is 2. The second kappa shape index (κ2) is 6.27. The lowest BCUT2D eigenvalue weighted by Gasteiger charge is -1.99. The Morgan fingerprint density at radius 3 is 2.70 bits per heavy atom. The van der Waals surface area contributed by atoms with E-state index in [4.69, 9.17) is 11.6 Å². The molecule has 0 aliphatic carbocycles. The number of carbonyl (C=O) groups excluding carboxylic acids is 1. The zero-order chi connectivity index (χ0) is 14.5. The molecular weight excluding hydrogens is 302 g/mol. The molecular formula is C12H8ClN3O3S. The summed E-state index contributed by atoms with van der Waals surface area (Å²) in [6.07, 6.45) is 1.25. The molecule has 102 valence electrons. The first-order chi connectivity index (χ1) is 9.58. The van der Waals surface area contributed by atoms with Crippen LogP contribution in [0.5, 0.6) is 0 Å². The number of nitro groups is 1. The third-order valence-electron chi connectivity index (χ3n) is 2.32. The van der Waals surface area contributed by atoms with Crippen molar-refractivity contribution in [2.45, 2.75) is 0 Å². The van der Waals surface area contributed by atoms with Gasteiger partial charge in [0.2, 0.25) is 0 Å². The molecule has 0 spiro atoms. The molecule has 0 bridgehead atoms. The summed E-state index contributed by atoms with van der Waals surface area (Å²) >= 11 is 6.88. The summed E-state index contributed by atoms with van der Waals surface area (Å²) < 4.78 is 0. The smallest absolute Gasteiger partial charge is 0.267 e. The van der Waals surface area contributed by atoms with Crippen molar-refractivity contribution < 1.29 is 9.72 Å². The maximum absolute atomic E-state index is 11.7. The standard InChI is InChI=1S/C12H8ClN3O3S/c13-9-3-1-8(2-4-9)12(17)15-14-7-11-10(16(18)19)5-6-20-11/h1-7H,(H,15,17)/b14-7+. The minimum atomic E-state index is -0.501. The van der Waals surface area contributed by atoms with Gasteiger partial charge in [0.15, 0.2) is 0 Å². The first kappa shape index (κ1) is 14.2. The molecule has 0 aliphatic heterocycles. The van der Waals surface area contributed by atoms with Crippen LogP contribution in [0.25, 0.3) is 0 Å². The molecule has 2 rings (SSSR count). The van der Waals surface area contributed by atoms with E-state index in [0.717, 1.165) is 0 Å². The van der Waals surface area contributed by atoms with E-state index < -0.39 is 10.8 Å². The third kappa shape index (κ3) is 3.40. The first-order valence-corrected chi connectivity index (χ1v) is 6.64. The number of amides is 1. The van der Waals surface area contributed by atoms with Gasteiger partial charge in [0, 0.05) is 16.7 Å². The van der Waals surface area contributed by atoms with Crippen molar-refractivity contribution in [1.29, 1.82) is 0 Å². The predicted molar refractivity (Wildman–Crippen MR) is 77.5 cm³/mol. The highest BCUT2D eigenvalue weighted by Crippen LogP contribution is 2.22. The molecule has 20 heavy (non-hydrogen) atoms. The van der Waals surface area contributed by atoms with Crippen molar-refractivity contribution in [3.05, 3.63) is 61.3 Å². The van der Waals surface area contributed by atoms with Gasteiger partial charge in [0.1, 0.15) is 4.88 Å². The van der Waals surface area contributed by atoms with Gasteiger partial charge in [-0.15, -0.1) is 11.3 Å². The van der Waals surface area contributed by atoms with Crippen molar-refractivity contribution in [3.63, 3.8) is 0 Å². The molecule has 1 amide bonds. The Morgan fingerprint density at radius 1 is 1.35 bits per heavy atom. The lowest BCUT2D eigenvalue weighted by atomic mass is 10.2. The maximum Gasteiger partial charge on any atom is 0.288 e. The molecule has 1 heterocycles. The van der Waals surface area contributed by atoms with Crippen molar-refractivity contribution in [1.82, 2.24) is 5.43 Å². The summed E-state index contributed by atoms with van der Waals surface area (Å²) in [4.78, 5) is 22.3. The Labute approximate surface area is 122 Å². The monoisotopic (exact) mass is 309 g/mol. The molecule has 0 radical (unpaired) electrons. The number of carbonyl (C=O) groups is 1. The van der Waals surface area contributed by atoms with Crippen LogP contribution in [0.4, 0.5) is 5.69 Å². The van der Waals surface area contributed by atoms with Gasteiger partial charge < -0.3 is 0 Å². The molecule has 1 aromatic heterocycles. The number of benzene rings is 1. The lowest BCUT2D eigenvalue weighted by molar-refractivity contribution is -0.384. The lowest BCUT2D eigenvalue weighted by Crippen LogP contribution is -2.17. The molecule has 0 unspecified atom stereocenters. The van der Waals surface area contributed by atoms with E-state index >= 15 is 0 Å². The number of thiophene rings is 1. The van der Waals surface area contributed by atoms with E-state index in [1.165, 1.54) is 23.6 Å². The van der Waals surface area contributed by atoms with Crippen LogP contribution in [-0.4, -0.2) is 17.0 Å². The van der Waals surface area contributed by atoms with Gasteiger partial charge in [-0.3, -0.25) is 14.9 Å². The highest BCUT2D eigenvalue weighted by molar-refractivity contribution is 7.12. The van der Waals surface area contributed by atoms with Gasteiger partial charge in [-0.05, 0) is 29.6 Å². The van der Waals surface area contributed by atoms with Crippen LogP contribution in [0.2, 0.25) is 5.02 Å². The highest BCUT2D eigenvalue weighted by Gasteiger charge is 2.12. The first-order valence-electron chi connectivity index (χ1n) is 5.39. The van der Waals surface area contributed by atoms with Gasteiger partial charge in [0.25, 0.3) is 11.6 Å². The van der Waals surface area contributed by atoms with Gasteiger partial charge >= 0.3 is 0 Å². The summed E-state index contributed by atoms with van der Waals surface area (Å²) in [6.45, 7) is 0. The van der Waals surface area contributed by atoms with Crippen molar-refractivity contribution in [3.8, 4) is 0 Å². The molecule has 1 aromatic carbocycles. The zero-order valence-electron chi connectivity index (χ0n) is 9.95. The summed E-state index contributed by atoms with van der Waals surface area (Å²) in [6, 6.07) is 7.67. The average Bonchev–Trinajstić information content (AvgIpc) is 2.88. The molecule has 0 saturated carbocycles. The van der Waals surface area contributed by atoms with Crippen LogP contribution >= 0.6 is 22.9 Å². The summed E-state index contributed by atoms with van der Waals surface area (Å²) in [5.74, 6) is -0.419. The SMILES string of the molecule is O=C(N/N=C/c1sccc1[N+](=O)[O-])c1ccc(Cl)cc1. The van der Waals surface area contributed by atoms with Crippen LogP contribution in [-0.2, 0) is 0 Å². The van der Waals surface area contributed by atoms with E-state index in [0.29, 0.717) is 15.5 Å². The topological polar surface area (TPSA) is 84.6 Å². The van der Waals surface area contributed by atoms with Crippen LogP contribution < -0.4 is 5.43 Å². The molecule has 6 nitrogen and oxygen atoms in total. The van der Waals surface area contributed by atoms with Gasteiger partial charge in [-0.2, -0.15) is 5.10 Å². The number of halogens is 1. The fourth-order valence-electron chi connectivity index (χ4n) is 1.38. The Bertz CT molecular complexity index is 667. The molecule has 0 saturated heterocycles. The van der Waals surface area contributed by atoms with E-state index in [1.807, 2.05) is 0 Å². The molecule has 1 N–H and O–H groups in total. The third-order valence-corrected chi connectivity index (χ3v) is 3.42. The summed E-state index contributed by atoms with van der Waals surface area (Å²) in [5.41, 5.74) is 2.65. The fraction of sp³-hybridized carbons (Fsp3) is 0. The second-order valence-electron chi connectivity index (χ2n) is 3.63. The number of nitrogens with one attached hydrogen (secondary N) is 1. The van der Waals surface area contributed by atoms with Gasteiger partial charge in [-0.1, -0.05) is 11.6 Å². The normalized spacial score (nSPS) is 10.7. The van der Waals surface area contributed by atoms with Crippen molar-refractivity contribution in [2.75, 3.05) is 0 Å². The van der Waals surface area contributed by atoms with E-state index in [2.05, 4.69) is 10.5 Å². The largest absolute Gasteiger partial charge is 0.288 e. The zero-order valence-corrected chi connectivity index (χ0v) is 11.5.